The van der Waals surface area contributed by atoms with E-state index in [1.165, 1.54) is 19.4 Å². The van der Waals surface area contributed by atoms with Gasteiger partial charge in [0.15, 0.2) is 5.82 Å². The number of aryl methyl sites for hydroxylation is 1. The zero-order valence-corrected chi connectivity index (χ0v) is 12.7. The summed E-state index contributed by atoms with van der Waals surface area (Å²) < 4.78 is 0. The second kappa shape index (κ2) is 5.60. The van der Waals surface area contributed by atoms with E-state index in [1.54, 1.807) is 13.8 Å². The lowest BCUT2D eigenvalue weighted by Crippen LogP contribution is -2.47. The Kier molecular flexibility index (Phi) is 3.80. The summed E-state index contributed by atoms with van der Waals surface area (Å²) in [4.78, 5) is 16.1. The minimum absolute atomic E-state index is 0.304. The molecule has 1 aliphatic carbocycles. The lowest BCUT2D eigenvalue weighted by atomic mass is 10.1. The zero-order valence-electron chi connectivity index (χ0n) is 12.7. The van der Waals surface area contributed by atoms with Crippen LogP contribution < -0.4 is 4.90 Å². The van der Waals surface area contributed by atoms with Crippen LogP contribution in [0.2, 0.25) is 0 Å². The van der Waals surface area contributed by atoms with Gasteiger partial charge in [-0.25, -0.2) is 4.79 Å². The van der Waals surface area contributed by atoms with Crippen LogP contribution in [0.15, 0.2) is 0 Å². The molecule has 0 radical (unpaired) electrons. The molecule has 0 bridgehead atoms. The molecular weight excluding hydrogens is 268 g/mol. The summed E-state index contributed by atoms with van der Waals surface area (Å²) in [5.74, 6) is 0.505. The highest BCUT2D eigenvalue weighted by Crippen LogP contribution is 2.30. The van der Waals surface area contributed by atoms with Crippen LogP contribution in [-0.2, 0) is 0 Å². The third-order valence-electron chi connectivity index (χ3n) is 4.54. The van der Waals surface area contributed by atoms with Crippen molar-refractivity contribution in [1.82, 2.24) is 15.1 Å². The fraction of sp³-hybridized carbons (Fsp3) is 0.667. The standard InChI is InChI=1S/C15H22N4O2/c1-10-11(2)16-17-14(13(10)15(20)21)19-7-5-18(6-8-19)9-12-3-4-12/h12H,3-9H2,1-2H3,(H,20,21). The second-order valence-corrected chi connectivity index (χ2v) is 6.15. The number of piperazine rings is 1. The average Bonchev–Trinajstić information content (AvgIpc) is 3.26. The third-order valence-corrected chi connectivity index (χ3v) is 4.54. The first kappa shape index (κ1) is 14.3. The van der Waals surface area contributed by atoms with E-state index in [-0.39, 0.29) is 0 Å². The van der Waals surface area contributed by atoms with Crippen molar-refractivity contribution in [3.8, 4) is 0 Å². The van der Waals surface area contributed by atoms with Gasteiger partial charge in [0.05, 0.1) is 5.69 Å². The Balaban J connectivity index is 1.75. The molecule has 0 aromatic carbocycles. The molecule has 2 fully saturated rings. The molecule has 1 aliphatic heterocycles. The average molecular weight is 290 g/mol. The highest BCUT2D eigenvalue weighted by Gasteiger charge is 2.28. The number of aromatic carboxylic acids is 1. The molecule has 6 heteroatoms. The predicted octanol–water partition coefficient (Wildman–Crippen LogP) is 1.32. The first-order valence-corrected chi connectivity index (χ1v) is 7.60. The van der Waals surface area contributed by atoms with Crippen LogP contribution in [0.4, 0.5) is 5.82 Å². The maximum atomic E-state index is 11.6. The Morgan fingerprint density at radius 1 is 1.19 bits per heavy atom. The number of nitrogens with zero attached hydrogens (tertiary/aromatic N) is 4. The van der Waals surface area contributed by atoms with Gasteiger partial charge in [-0.3, -0.25) is 4.90 Å². The van der Waals surface area contributed by atoms with Crippen LogP contribution in [0.1, 0.15) is 34.5 Å². The SMILES string of the molecule is Cc1nnc(N2CCN(CC3CC3)CC2)c(C(=O)O)c1C. The van der Waals surface area contributed by atoms with E-state index in [4.69, 9.17) is 0 Å². The van der Waals surface area contributed by atoms with Gasteiger partial charge in [0.1, 0.15) is 5.56 Å². The molecule has 2 heterocycles. The summed E-state index contributed by atoms with van der Waals surface area (Å²) >= 11 is 0. The van der Waals surface area contributed by atoms with Gasteiger partial charge in [0.2, 0.25) is 0 Å². The molecule has 21 heavy (non-hydrogen) atoms. The number of aromatic nitrogens is 2. The number of carboxylic acid groups (broad SMARTS) is 1. The topological polar surface area (TPSA) is 69.6 Å². The summed E-state index contributed by atoms with van der Waals surface area (Å²) in [6.07, 6.45) is 2.73. The lowest BCUT2D eigenvalue weighted by Gasteiger charge is -2.35. The predicted molar refractivity (Wildman–Crippen MR) is 79.8 cm³/mol. The lowest BCUT2D eigenvalue weighted by molar-refractivity contribution is 0.0695. The normalized spacial score (nSPS) is 19.8. The maximum absolute atomic E-state index is 11.6. The van der Waals surface area contributed by atoms with E-state index in [0.717, 1.165) is 32.1 Å². The summed E-state index contributed by atoms with van der Waals surface area (Å²) in [5, 5.41) is 17.7. The third kappa shape index (κ3) is 3.00. The van der Waals surface area contributed by atoms with Crippen molar-refractivity contribution in [3.63, 3.8) is 0 Å². The van der Waals surface area contributed by atoms with Crippen molar-refractivity contribution >= 4 is 11.8 Å². The second-order valence-electron chi connectivity index (χ2n) is 6.15. The van der Waals surface area contributed by atoms with E-state index in [1.807, 2.05) is 0 Å². The molecule has 1 aromatic rings. The van der Waals surface area contributed by atoms with Gasteiger partial charge in [-0.05, 0) is 38.2 Å². The number of anilines is 1. The van der Waals surface area contributed by atoms with Gasteiger partial charge in [0.25, 0.3) is 0 Å². The van der Waals surface area contributed by atoms with Crippen LogP contribution in [0, 0.1) is 19.8 Å². The Hall–Kier alpha value is -1.69. The Labute approximate surface area is 124 Å². The molecule has 6 nitrogen and oxygen atoms in total. The molecule has 0 amide bonds. The fourth-order valence-electron chi connectivity index (χ4n) is 2.88. The molecule has 0 atom stereocenters. The molecule has 1 saturated heterocycles. The molecular formula is C15H22N4O2. The van der Waals surface area contributed by atoms with E-state index in [2.05, 4.69) is 20.0 Å². The molecule has 0 spiro atoms. The van der Waals surface area contributed by atoms with Gasteiger partial charge in [-0.2, -0.15) is 5.10 Å². The summed E-state index contributed by atoms with van der Waals surface area (Å²) in [5.41, 5.74) is 1.70. The molecule has 2 aliphatic rings. The van der Waals surface area contributed by atoms with E-state index in [9.17, 15) is 9.90 Å². The van der Waals surface area contributed by atoms with E-state index in [0.29, 0.717) is 22.6 Å². The first-order chi connectivity index (χ1) is 10.1. The largest absolute Gasteiger partial charge is 0.478 e. The summed E-state index contributed by atoms with van der Waals surface area (Å²) in [6, 6.07) is 0. The Bertz CT molecular complexity index is 549. The zero-order chi connectivity index (χ0) is 15.0. The van der Waals surface area contributed by atoms with Crippen LogP contribution in [0.3, 0.4) is 0 Å². The monoisotopic (exact) mass is 290 g/mol. The van der Waals surface area contributed by atoms with Crippen LogP contribution in [0.25, 0.3) is 0 Å². The van der Waals surface area contributed by atoms with Gasteiger partial charge in [-0.15, -0.1) is 5.10 Å². The molecule has 0 unspecified atom stereocenters. The van der Waals surface area contributed by atoms with E-state index < -0.39 is 5.97 Å². The first-order valence-electron chi connectivity index (χ1n) is 7.60. The van der Waals surface area contributed by atoms with Crippen molar-refractivity contribution in [2.45, 2.75) is 26.7 Å². The van der Waals surface area contributed by atoms with Crippen LogP contribution >= 0.6 is 0 Å². The minimum atomic E-state index is -0.916. The maximum Gasteiger partial charge on any atom is 0.339 e. The minimum Gasteiger partial charge on any atom is -0.478 e. The van der Waals surface area contributed by atoms with Crippen LogP contribution in [0.5, 0.6) is 0 Å². The number of carboxylic acids is 1. The van der Waals surface area contributed by atoms with E-state index >= 15 is 0 Å². The number of hydrogen-bond acceptors (Lipinski definition) is 5. The smallest absolute Gasteiger partial charge is 0.339 e. The molecule has 1 aromatic heterocycles. The van der Waals surface area contributed by atoms with Crippen molar-refractivity contribution in [3.05, 3.63) is 16.8 Å². The van der Waals surface area contributed by atoms with Gasteiger partial charge < -0.3 is 10.0 Å². The van der Waals surface area contributed by atoms with Crippen molar-refractivity contribution in [1.29, 1.82) is 0 Å². The van der Waals surface area contributed by atoms with Gasteiger partial charge in [0, 0.05) is 32.7 Å². The number of carbonyl (C=O) groups is 1. The quantitative estimate of drug-likeness (QED) is 0.902. The van der Waals surface area contributed by atoms with Gasteiger partial charge in [-0.1, -0.05) is 0 Å². The van der Waals surface area contributed by atoms with Crippen molar-refractivity contribution in [2.24, 2.45) is 5.92 Å². The Morgan fingerprint density at radius 2 is 1.86 bits per heavy atom. The van der Waals surface area contributed by atoms with Crippen molar-refractivity contribution in [2.75, 3.05) is 37.6 Å². The summed E-state index contributed by atoms with van der Waals surface area (Å²) in [6.45, 7) is 8.40. The molecule has 1 saturated carbocycles. The number of rotatable bonds is 4. The van der Waals surface area contributed by atoms with Gasteiger partial charge >= 0.3 is 5.97 Å². The fourth-order valence-corrected chi connectivity index (χ4v) is 2.88. The van der Waals surface area contributed by atoms with Crippen LogP contribution in [-0.4, -0.2) is 58.9 Å². The highest BCUT2D eigenvalue weighted by atomic mass is 16.4. The highest BCUT2D eigenvalue weighted by molar-refractivity contribution is 5.95. The van der Waals surface area contributed by atoms with Crippen molar-refractivity contribution < 1.29 is 9.90 Å². The Morgan fingerprint density at radius 3 is 2.43 bits per heavy atom. The molecule has 3 rings (SSSR count). The molecule has 114 valence electrons. The number of hydrogen-bond donors (Lipinski definition) is 1. The molecule has 1 N–H and O–H groups in total. The summed E-state index contributed by atoms with van der Waals surface area (Å²) in [7, 11) is 0.